The molecule has 4 nitrogen and oxygen atoms in total. The Kier molecular flexibility index (Phi) is 14.9. The van der Waals surface area contributed by atoms with Crippen LogP contribution >= 0.6 is 24.0 Å². The van der Waals surface area contributed by atoms with E-state index in [9.17, 15) is 0 Å². The third-order valence-electron chi connectivity index (χ3n) is 1.69. The van der Waals surface area contributed by atoms with E-state index in [0.717, 1.165) is 38.7 Å². The van der Waals surface area contributed by atoms with Crippen molar-refractivity contribution in [3.63, 3.8) is 0 Å². The number of hydrogen-bond donors (Lipinski definition) is 2. The topological polar surface area (TPSA) is 45.7 Å². The summed E-state index contributed by atoms with van der Waals surface area (Å²) in [6, 6.07) is 0.412. The number of hydrogen-bond acceptors (Lipinski definition) is 2. The number of nitrogens with one attached hydrogen (secondary N) is 2. The van der Waals surface area contributed by atoms with Crippen molar-refractivity contribution in [2.45, 2.75) is 40.2 Å². The highest BCUT2D eigenvalue weighted by Crippen LogP contribution is 1.85. The highest BCUT2D eigenvalue weighted by Gasteiger charge is 1.98. The number of guanidine groups is 1. The highest BCUT2D eigenvalue weighted by atomic mass is 127. The molecule has 0 aliphatic rings. The summed E-state index contributed by atoms with van der Waals surface area (Å²) in [5.41, 5.74) is 0. The number of ether oxygens (including phenoxy) is 1. The van der Waals surface area contributed by atoms with E-state index in [4.69, 9.17) is 4.74 Å². The Morgan fingerprint density at radius 3 is 2.50 bits per heavy atom. The van der Waals surface area contributed by atoms with Crippen molar-refractivity contribution in [1.82, 2.24) is 10.6 Å². The highest BCUT2D eigenvalue weighted by molar-refractivity contribution is 14.0. The fraction of sp³-hybridized carbons (Fsp3) is 0.909. The van der Waals surface area contributed by atoms with Gasteiger partial charge in [0.15, 0.2) is 5.96 Å². The first kappa shape index (κ1) is 18.3. The maximum Gasteiger partial charge on any atom is 0.191 e. The summed E-state index contributed by atoms with van der Waals surface area (Å²) in [5.74, 6) is 0.893. The zero-order valence-corrected chi connectivity index (χ0v) is 13.2. The summed E-state index contributed by atoms with van der Waals surface area (Å²) < 4.78 is 5.25. The minimum atomic E-state index is 0. The lowest BCUT2D eigenvalue weighted by Gasteiger charge is -2.13. The summed E-state index contributed by atoms with van der Waals surface area (Å²) in [6.45, 7) is 11.6. The van der Waals surface area contributed by atoms with Gasteiger partial charge in [-0.15, -0.1) is 24.0 Å². The van der Waals surface area contributed by atoms with Crippen LogP contribution in [0.5, 0.6) is 0 Å². The minimum Gasteiger partial charge on any atom is -0.382 e. The molecule has 0 fully saturated rings. The van der Waals surface area contributed by atoms with Crippen molar-refractivity contribution in [2.75, 3.05) is 26.3 Å². The molecule has 2 N–H and O–H groups in total. The van der Waals surface area contributed by atoms with E-state index < -0.39 is 0 Å². The van der Waals surface area contributed by atoms with Gasteiger partial charge in [-0.05, 0) is 34.1 Å². The van der Waals surface area contributed by atoms with E-state index in [2.05, 4.69) is 36.4 Å². The fourth-order valence-electron chi connectivity index (χ4n) is 1.10. The van der Waals surface area contributed by atoms with Gasteiger partial charge < -0.3 is 15.4 Å². The van der Waals surface area contributed by atoms with Crippen molar-refractivity contribution in [2.24, 2.45) is 4.99 Å². The van der Waals surface area contributed by atoms with Crippen LogP contribution in [0, 0.1) is 0 Å². The van der Waals surface area contributed by atoms with E-state index in [1.54, 1.807) is 0 Å². The van der Waals surface area contributed by atoms with Gasteiger partial charge in [0.2, 0.25) is 0 Å². The Morgan fingerprint density at radius 1 is 1.31 bits per heavy atom. The number of rotatable bonds is 7. The first-order chi connectivity index (χ1) is 7.20. The van der Waals surface area contributed by atoms with E-state index in [-0.39, 0.29) is 24.0 Å². The van der Waals surface area contributed by atoms with Crippen molar-refractivity contribution in [3.05, 3.63) is 0 Å². The van der Waals surface area contributed by atoms with Crippen LogP contribution in [0.3, 0.4) is 0 Å². The SMILES string of the molecule is CCNC(=NCCCOCC)NC(C)C.I. The quantitative estimate of drug-likeness (QED) is 0.322. The molecular formula is C11H26IN3O. The van der Waals surface area contributed by atoms with Gasteiger partial charge >= 0.3 is 0 Å². The third-order valence-corrected chi connectivity index (χ3v) is 1.69. The molecule has 0 spiro atoms. The van der Waals surface area contributed by atoms with Crippen LogP contribution in [0.2, 0.25) is 0 Å². The van der Waals surface area contributed by atoms with Gasteiger partial charge in [-0.25, -0.2) is 0 Å². The lowest BCUT2D eigenvalue weighted by Crippen LogP contribution is -2.41. The normalized spacial score (nSPS) is 11.2. The van der Waals surface area contributed by atoms with Crippen LogP contribution in [-0.2, 0) is 4.74 Å². The number of aliphatic imine (C=N–C) groups is 1. The molecule has 0 aromatic rings. The largest absolute Gasteiger partial charge is 0.382 e. The average Bonchev–Trinajstić information content (AvgIpc) is 2.17. The maximum atomic E-state index is 5.25. The Labute approximate surface area is 117 Å². The Morgan fingerprint density at radius 2 is 2.00 bits per heavy atom. The second kappa shape index (κ2) is 13.0. The van der Waals surface area contributed by atoms with Gasteiger partial charge in [0.25, 0.3) is 0 Å². The summed E-state index contributed by atoms with van der Waals surface area (Å²) in [5, 5.41) is 6.47. The molecule has 0 radical (unpaired) electrons. The lowest BCUT2D eigenvalue weighted by atomic mass is 10.4. The molecule has 0 unspecified atom stereocenters. The first-order valence-corrected chi connectivity index (χ1v) is 5.83. The van der Waals surface area contributed by atoms with Crippen LogP contribution < -0.4 is 10.6 Å². The lowest BCUT2D eigenvalue weighted by molar-refractivity contribution is 0.146. The second-order valence-electron chi connectivity index (χ2n) is 3.61. The fourth-order valence-corrected chi connectivity index (χ4v) is 1.10. The summed E-state index contributed by atoms with van der Waals surface area (Å²) in [6.07, 6.45) is 0.975. The Hall–Kier alpha value is -0.0400. The van der Waals surface area contributed by atoms with Gasteiger partial charge in [0, 0.05) is 32.3 Å². The zero-order valence-electron chi connectivity index (χ0n) is 10.9. The van der Waals surface area contributed by atoms with E-state index >= 15 is 0 Å². The molecule has 0 atom stereocenters. The molecule has 0 bridgehead atoms. The Balaban J connectivity index is 0. The van der Waals surface area contributed by atoms with Crippen molar-refractivity contribution < 1.29 is 4.74 Å². The van der Waals surface area contributed by atoms with Gasteiger partial charge in [-0.2, -0.15) is 0 Å². The van der Waals surface area contributed by atoms with E-state index in [1.807, 2.05) is 6.92 Å². The molecule has 0 heterocycles. The van der Waals surface area contributed by atoms with Crippen molar-refractivity contribution in [3.8, 4) is 0 Å². The van der Waals surface area contributed by atoms with Crippen LogP contribution in [0.1, 0.15) is 34.1 Å². The van der Waals surface area contributed by atoms with E-state index in [1.165, 1.54) is 0 Å². The van der Waals surface area contributed by atoms with Crippen LogP contribution in [0.4, 0.5) is 0 Å². The second-order valence-corrected chi connectivity index (χ2v) is 3.61. The predicted molar refractivity (Wildman–Crippen MR) is 80.8 cm³/mol. The molecule has 0 aromatic carbocycles. The van der Waals surface area contributed by atoms with E-state index in [0.29, 0.717) is 6.04 Å². The smallest absolute Gasteiger partial charge is 0.191 e. The van der Waals surface area contributed by atoms with Gasteiger partial charge in [-0.1, -0.05) is 0 Å². The first-order valence-electron chi connectivity index (χ1n) is 5.83. The number of halogens is 1. The van der Waals surface area contributed by atoms with Crippen molar-refractivity contribution >= 4 is 29.9 Å². The van der Waals surface area contributed by atoms with Crippen LogP contribution in [0.15, 0.2) is 4.99 Å². The molecule has 98 valence electrons. The molecule has 0 saturated heterocycles. The monoisotopic (exact) mass is 343 g/mol. The maximum absolute atomic E-state index is 5.25. The standard InChI is InChI=1S/C11H25N3O.HI/c1-5-12-11(14-10(3)4)13-8-7-9-15-6-2;/h10H,5-9H2,1-4H3,(H2,12,13,14);1H. The molecule has 0 rings (SSSR count). The summed E-state index contributed by atoms with van der Waals surface area (Å²) in [7, 11) is 0. The molecule has 0 aliphatic carbocycles. The summed E-state index contributed by atoms with van der Waals surface area (Å²) >= 11 is 0. The predicted octanol–water partition coefficient (Wildman–Crippen LogP) is 1.99. The molecule has 0 aromatic heterocycles. The van der Waals surface area contributed by atoms with Gasteiger partial charge in [0.05, 0.1) is 0 Å². The Bertz CT molecular complexity index is 175. The molecule has 0 amide bonds. The van der Waals surface area contributed by atoms with Gasteiger partial charge in [0.1, 0.15) is 0 Å². The van der Waals surface area contributed by atoms with Gasteiger partial charge in [-0.3, -0.25) is 4.99 Å². The minimum absolute atomic E-state index is 0. The summed E-state index contributed by atoms with van der Waals surface area (Å²) in [4.78, 5) is 4.44. The number of nitrogens with zero attached hydrogens (tertiary/aromatic N) is 1. The average molecular weight is 343 g/mol. The zero-order chi connectivity index (χ0) is 11.5. The molecule has 0 aliphatic heterocycles. The molecular weight excluding hydrogens is 317 g/mol. The van der Waals surface area contributed by atoms with Crippen molar-refractivity contribution in [1.29, 1.82) is 0 Å². The third kappa shape index (κ3) is 12.0. The van der Waals surface area contributed by atoms with Crippen LogP contribution in [0.25, 0.3) is 0 Å². The molecule has 5 heteroatoms. The molecule has 0 saturated carbocycles. The molecule has 16 heavy (non-hydrogen) atoms. The van der Waals surface area contributed by atoms with Crippen LogP contribution in [-0.4, -0.2) is 38.3 Å².